The number of hydrogen-bond acceptors (Lipinski definition) is 4. The first-order valence-electron chi connectivity index (χ1n) is 5.84. The Morgan fingerprint density at radius 1 is 1.37 bits per heavy atom. The molecule has 0 atom stereocenters. The third-order valence-electron chi connectivity index (χ3n) is 2.52. The summed E-state index contributed by atoms with van der Waals surface area (Å²) in [5.41, 5.74) is 6.17. The van der Waals surface area contributed by atoms with E-state index in [9.17, 15) is 9.59 Å². The van der Waals surface area contributed by atoms with E-state index in [4.69, 9.17) is 22.1 Å². The van der Waals surface area contributed by atoms with Gasteiger partial charge in [-0.1, -0.05) is 17.7 Å². The molecule has 0 aliphatic rings. The van der Waals surface area contributed by atoms with Crippen LogP contribution in [0.3, 0.4) is 0 Å². The van der Waals surface area contributed by atoms with Crippen molar-refractivity contribution >= 4 is 29.2 Å². The van der Waals surface area contributed by atoms with Gasteiger partial charge in [-0.2, -0.15) is 0 Å². The normalized spacial score (nSPS) is 10.1. The SMILES string of the molecule is CN(C)C(=O)CCCOC(=O)c1cccc(N)c1Cl. The van der Waals surface area contributed by atoms with Crippen LogP contribution in [-0.2, 0) is 9.53 Å². The number of anilines is 1. The van der Waals surface area contributed by atoms with E-state index in [0.29, 0.717) is 18.5 Å². The number of nitrogen functional groups attached to an aromatic ring is 1. The van der Waals surface area contributed by atoms with Crippen molar-refractivity contribution in [3.8, 4) is 0 Å². The van der Waals surface area contributed by atoms with Crippen LogP contribution in [0, 0.1) is 0 Å². The third-order valence-corrected chi connectivity index (χ3v) is 2.94. The molecule has 1 aromatic rings. The Bertz CT molecular complexity index is 475. The van der Waals surface area contributed by atoms with Crippen LogP contribution in [0.25, 0.3) is 0 Å². The molecule has 0 spiro atoms. The van der Waals surface area contributed by atoms with Crippen LogP contribution in [0.5, 0.6) is 0 Å². The van der Waals surface area contributed by atoms with E-state index in [1.165, 1.54) is 4.90 Å². The number of nitrogens with two attached hydrogens (primary N) is 1. The highest BCUT2D eigenvalue weighted by molar-refractivity contribution is 6.36. The second kappa shape index (κ2) is 6.99. The number of ether oxygens (including phenoxy) is 1. The Hall–Kier alpha value is -1.75. The van der Waals surface area contributed by atoms with E-state index in [-0.39, 0.29) is 23.1 Å². The average molecular weight is 285 g/mol. The standard InChI is InChI=1S/C13H17ClN2O3/c1-16(2)11(17)7-4-8-19-13(18)9-5-3-6-10(15)12(9)14/h3,5-6H,4,7-8,15H2,1-2H3. The predicted octanol–water partition coefficient (Wildman–Crippen LogP) is 1.95. The van der Waals surface area contributed by atoms with E-state index < -0.39 is 5.97 Å². The molecule has 1 rings (SSSR count). The van der Waals surface area contributed by atoms with Crippen molar-refractivity contribution in [1.29, 1.82) is 0 Å². The minimum absolute atomic E-state index is 0.00182. The summed E-state index contributed by atoms with van der Waals surface area (Å²) in [6, 6.07) is 4.79. The fraction of sp³-hybridized carbons (Fsp3) is 0.385. The van der Waals surface area contributed by atoms with Crippen molar-refractivity contribution in [3.63, 3.8) is 0 Å². The molecule has 104 valence electrons. The number of hydrogen-bond donors (Lipinski definition) is 1. The maximum atomic E-state index is 11.7. The van der Waals surface area contributed by atoms with Crippen LogP contribution in [0.1, 0.15) is 23.2 Å². The third kappa shape index (κ3) is 4.44. The topological polar surface area (TPSA) is 72.6 Å². The molecule has 5 nitrogen and oxygen atoms in total. The predicted molar refractivity (Wildman–Crippen MR) is 74.1 cm³/mol. The monoisotopic (exact) mass is 284 g/mol. The number of benzene rings is 1. The number of carbonyl (C=O) groups is 2. The van der Waals surface area contributed by atoms with Crippen LogP contribution < -0.4 is 5.73 Å². The van der Waals surface area contributed by atoms with Crippen LogP contribution in [-0.4, -0.2) is 37.5 Å². The van der Waals surface area contributed by atoms with Gasteiger partial charge in [0.05, 0.1) is 22.9 Å². The molecule has 0 unspecified atom stereocenters. The highest BCUT2D eigenvalue weighted by Crippen LogP contribution is 2.23. The van der Waals surface area contributed by atoms with Gasteiger partial charge in [-0.15, -0.1) is 0 Å². The van der Waals surface area contributed by atoms with Gasteiger partial charge < -0.3 is 15.4 Å². The summed E-state index contributed by atoms with van der Waals surface area (Å²) in [4.78, 5) is 24.5. The second-order valence-corrected chi connectivity index (χ2v) is 4.61. The largest absolute Gasteiger partial charge is 0.462 e. The summed E-state index contributed by atoms with van der Waals surface area (Å²) < 4.78 is 5.04. The van der Waals surface area contributed by atoms with Crippen LogP contribution in [0.4, 0.5) is 5.69 Å². The van der Waals surface area contributed by atoms with E-state index >= 15 is 0 Å². The Labute approximate surface area is 117 Å². The summed E-state index contributed by atoms with van der Waals surface area (Å²) in [6.45, 7) is 0.170. The second-order valence-electron chi connectivity index (χ2n) is 4.24. The first-order chi connectivity index (χ1) is 8.93. The number of esters is 1. The van der Waals surface area contributed by atoms with Crippen LogP contribution >= 0.6 is 11.6 Å². The molecule has 0 heterocycles. The first kappa shape index (κ1) is 15.3. The van der Waals surface area contributed by atoms with E-state index in [0.717, 1.165) is 0 Å². The molecular weight excluding hydrogens is 268 g/mol. The molecule has 2 N–H and O–H groups in total. The molecule has 0 bridgehead atoms. The smallest absolute Gasteiger partial charge is 0.339 e. The summed E-state index contributed by atoms with van der Waals surface area (Å²) in [5.74, 6) is -0.535. The number of amides is 1. The van der Waals surface area contributed by atoms with E-state index in [1.54, 1.807) is 32.3 Å². The van der Waals surface area contributed by atoms with Crippen LogP contribution in [0.2, 0.25) is 5.02 Å². The van der Waals surface area contributed by atoms with Crippen molar-refractivity contribution in [2.45, 2.75) is 12.8 Å². The zero-order valence-corrected chi connectivity index (χ0v) is 11.7. The Balaban J connectivity index is 2.44. The molecule has 0 aromatic heterocycles. The Kier molecular flexibility index (Phi) is 5.63. The lowest BCUT2D eigenvalue weighted by atomic mass is 10.2. The molecule has 0 saturated carbocycles. The molecule has 1 aromatic carbocycles. The Morgan fingerprint density at radius 2 is 2.05 bits per heavy atom. The maximum absolute atomic E-state index is 11.7. The lowest BCUT2D eigenvalue weighted by Gasteiger charge is -2.10. The van der Waals surface area contributed by atoms with Gasteiger partial charge in [-0.25, -0.2) is 4.79 Å². The zero-order valence-electron chi connectivity index (χ0n) is 11.0. The number of nitrogens with zero attached hydrogens (tertiary/aromatic N) is 1. The van der Waals surface area contributed by atoms with E-state index in [1.807, 2.05) is 0 Å². The van der Waals surface area contributed by atoms with Gasteiger partial charge in [0, 0.05) is 20.5 Å². The zero-order chi connectivity index (χ0) is 14.4. The van der Waals surface area contributed by atoms with Crippen LogP contribution in [0.15, 0.2) is 18.2 Å². The van der Waals surface area contributed by atoms with Gasteiger partial charge in [0.2, 0.25) is 5.91 Å². The van der Waals surface area contributed by atoms with E-state index in [2.05, 4.69) is 0 Å². The summed E-state index contributed by atoms with van der Waals surface area (Å²) in [5, 5.41) is 0.192. The molecule has 0 fully saturated rings. The molecule has 0 saturated heterocycles. The molecule has 0 radical (unpaired) electrons. The van der Waals surface area contributed by atoms with Crippen molar-refractivity contribution in [1.82, 2.24) is 4.90 Å². The average Bonchev–Trinajstić information content (AvgIpc) is 2.37. The van der Waals surface area contributed by atoms with Crippen molar-refractivity contribution in [2.24, 2.45) is 0 Å². The highest BCUT2D eigenvalue weighted by atomic mass is 35.5. The molecule has 19 heavy (non-hydrogen) atoms. The first-order valence-corrected chi connectivity index (χ1v) is 6.22. The minimum Gasteiger partial charge on any atom is -0.462 e. The summed E-state index contributed by atoms with van der Waals surface area (Å²) >= 11 is 5.91. The lowest BCUT2D eigenvalue weighted by molar-refractivity contribution is -0.128. The van der Waals surface area contributed by atoms with Gasteiger partial charge in [-0.05, 0) is 18.6 Å². The fourth-order valence-electron chi connectivity index (χ4n) is 1.40. The number of rotatable bonds is 5. The van der Waals surface area contributed by atoms with Gasteiger partial charge >= 0.3 is 5.97 Å². The van der Waals surface area contributed by atoms with Gasteiger partial charge in [0.15, 0.2) is 0 Å². The van der Waals surface area contributed by atoms with Gasteiger partial charge in [0.25, 0.3) is 0 Å². The number of halogens is 1. The maximum Gasteiger partial charge on any atom is 0.339 e. The summed E-state index contributed by atoms with van der Waals surface area (Å²) in [7, 11) is 3.36. The molecule has 0 aliphatic heterocycles. The summed E-state index contributed by atoms with van der Waals surface area (Å²) in [6.07, 6.45) is 0.813. The van der Waals surface area contributed by atoms with Crippen molar-refractivity contribution < 1.29 is 14.3 Å². The van der Waals surface area contributed by atoms with Crippen molar-refractivity contribution in [2.75, 3.05) is 26.4 Å². The molecule has 6 heteroatoms. The molecular formula is C13H17ClN2O3. The highest BCUT2D eigenvalue weighted by Gasteiger charge is 2.13. The quantitative estimate of drug-likeness (QED) is 0.509. The lowest BCUT2D eigenvalue weighted by Crippen LogP contribution is -2.21. The minimum atomic E-state index is -0.533. The Morgan fingerprint density at radius 3 is 2.68 bits per heavy atom. The fourth-order valence-corrected chi connectivity index (χ4v) is 1.60. The van der Waals surface area contributed by atoms with Gasteiger partial charge in [0.1, 0.15) is 0 Å². The molecule has 1 amide bonds. The van der Waals surface area contributed by atoms with Gasteiger partial charge in [-0.3, -0.25) is 4.79 Å². The molecule has 0 aliphatic carbocycles. The van der Waals surface area contributed by atoms with Crippen molar-refractivity contribution in [3.05, 3.63) is 28.8 Å². The number of carbonyl (C=O) groups excluding carboxylic acids is 2.